The van der Waals surface area contributed by atoms with Crippen molar-refractivity contribution in [1.29, 1.82) is 0 Å². The number of rotatable bonds is 2. The fourth-order valence-corrected chi connectivity index (χ4v) is 6.18. The average Bonchev–Trinajstić information content (AvgIpc) is 3.10. The van der Waals surface area contributed by atoms with Gasteiger partial charge < -0.3 is 19.0 Å². The third kappa shape index (κ3) is 2.66. The summed E-state index contributed by atoms with van der Waals surface area (Å²) in [5.74, 6) is -0.891. The summed E-state index contributed by atoms with van der Waals surface area (Å²) < 4.78 is 17.0. The molecule has 0 aliphatic heterocycles. The molecule has 0 amide bonds. The second kappa shape index (κ2) is 6.58. The van der Waals surface area contributed by atoms with Crippen molar-refractivity contribution in [3.63, 3.8) is 0 Å². The number of carbonyl (C=O) groups excluding carboxylic acids is 2. The highest BCUT2D eigenvalue weighted by Crippen LogP contribution is 2.61. The van der Waals surface area contributed by atoms with Crippen LogP contribution in [0.1, 0.15) is 64.2 Å². The van der Waals surface area contributed by atoms with Crippen molar-refractivity contribution >= 4 is 22.9 Å². The van der Waals surface area contributed by atoms with Gasteiger partial charge in [0.15, 0.2) is 0 Å². The van der Waals surface area contributed by atoms with Crippen LogP contribution in [0.4, 0.5) is 0 Å². The number of aryl methyl sites for hydroxylation is 1. The van der Waals surface area contributed by atoms with Crippen LogP contribution in [-0.4, -0.2) is 34.9 Å². The number of benzene rings is 1. The van der Waals surface area contributed by atoms with E-state index in [1.54, 1.807) is 6.26 Å². The smallest absolute Gasteiger partial charge is 0.303 e. The molecule has 0 spiro atoms. The zero-order valence-electron chi connectivity index (χ0n) is 18.5. The van der Waals surface area contributed by atoms with E-state index in [2.05, 4.69) is 6.92 Å². The first-order valence-corrected chi connectivity index (χ1v) is 10.5. The maximum absolute atomic E-state index is 12.2. The zero-order valence-corrected chi connectivity index (χ0v) is 18.5. The summed E-state index contributed by atoms with van der Waals surface area (Å²) in [6.07, 6.45) is 1.86. The van der Waals surface area contributed by atoms with Crippen LogP contribution in [0.3, 0.4) is 0 Å². The Kier molecular flexibility index (Phi) is 4.59. The Labute approximate surface area is 176 Å². The first-order valence-electron chi connectivity index (χ1n) is 10.5. The maximum atomic E-state index is 12.2. The van der Waals surface area contributed by atoms with Gasteiger partial charge in [-0.2, -0.15) is 0 Å². The molecule has 1 fully saturated rings. The third-order valence-corrected chi connectivity index (χ3v) is 7.73. The minimum atomic E-state index is -1.17. The van der Waals surface area contributed by atoms with E-state index < -0.39 is 40.6 Å². The molecule has 4 rings (SSSR count). The molecule has 0 saturated heterocycles. The molecule has 1 heterocycles. The molecule has 2 aliphatic rings. The number of carbonyl (C=O) groups is 2. The van der Waals surface area contributed by atoms with Crippen molar-refractivity contribution < 1.29 is 28.6 Å². The number of aliphatic hydroxyl groups is 1. The van der Waals surface area contributed by atoms with Crippen molar-refractivity contribution in [2.45, 2.75) is 84.0 Å². The van der Waals surface area contributed by atoms with Gasteiger partial charge in [0.25, 0.3) is 0 Å². The summed E-state index contributed by atoms with van der Waals surface area (Å²) >= 11 is 0. The number of fused-ring (bicyclic) bond motifs is 4. The van der Waals surface area contributed by atoms with Crippen LogP contribution >= 0.6 is 0 Å². The van der Waals surface area contributed by atoms with Crippen molar-refractivity contribution in [2.24, 2.45) is 5.41 Å². The predicted molar refractivity (Wildman–Crippen MR) is 111 cm³/mol. The number of esters is 2. The van der Waals surface area contributed by atoms with Crippen LogP contribution in [0.2, 0.25) is 0 Å². The third-order valence-electron chi connectivity index (χ3n) is 7.73. The highest BCUT2D eigenvalue weighted by Gasteiger charge is 2.68. The summed E-state index contributed by atoms with van der Waals surface area (Å²) in [4.78, 5) is 23.8. The van der Waals surface area contributed by atoms with E-state index in [4.69, 9.17) is 13.9 Å². The normalized spacial score (nSPS) is 32.2. The minimum Gasteiger partial charge on any atom is -0.464 e. The Morgan fingerprint density at radius 3 is 2.47 bits per heavy atom. The fraction of sp³-hybridized carbons (Fsp3) is 0.583. The van der Waals surface area contributed by atoms with Crippen LogP contribution < -0.4 is 0 Å². The highest BCUT2D eigenvalue weighted by atomic mass is 16.6. The largest absolute Gasteiger partial charge is 0.464 e. The second-order valence-corrected chi connectivity index (χ2v) is 9.66. The predicted octanol–water partition coefficient (Wildman–Crippen LogP) is 3.97. The van der Waals surface area contributed by atoms with Gasteiger partial charge in [-0.25, -0.2) is 0 Å². The Hall–Kier alpha value is -2.34. The quantitative estimate of drug-likeness (QED) is 0.749. The first-order chi connectivity index (χ1) is 13.9. The molecule has 6 nitrogen and oxygen atoms in total. The van der Waals surface area contributed by atoms with Crippen LogP contribution in [0, 0.1) is 12.3 Å². The molecule has 1 N–H and O–H groups in total. The van der Waals surface area contributed by atoms with Gasteiger partial charge in [0.1, 0.15) is 17.8 Å². The summed E-state index contributed by atoms with van der Waals surface area (Å²) in [6.45, 7) is 10.6. The molecule has 6 heteroatoms. The summed E-state index contributed by atoms with van der Waals surface area (Å²) in [7, 11) is 0. The fourth-order valence-electron chi connectivity index (χ4n) is 6.18. The monoisotopic (exact) mass is 414 g/mol. The van der Waals surface area contributed by atoms with Gasteiger partial charge in [-0.1, -0.05) is 20.8 Å². The Bertz CT molecular complexity index is 1030. The van der Waals surface area contributed by atoms with Crippen LogP contribution in [0.25, 0.3) is 11.0 Å². The molecule has 162 valence electrons. The zero-order chi connectivity index (χ0) is 22.1. The van der Waals surface area contributed by atoms with Gasteiger partial charge in [-0.15, -0.1) is 0 Å². The summed E-state index contributed by atoms with van der Waals surface area (Å²) in [6, 6.07) is 3.99. The molecule has 1 aromatic heterocycles. The number of hydrogen-bond donors (Lipinski definition) is 1. The van der Waals surface area contributed by atoms with Crippen molar-refractivity contribution in [3.05, 3.63) is 35.1 Å². The van der Waals surface area contributed by atoms with E-state index >= 15 is 0 Å². The SMILES string of the molecule is CC(=O)OC1CC2(C)c3cc4occc4c(C)c3CCC2(O)C(C)(C)C1OC(C)=O. The van der Waals surface area contributed by atoms with Crippen LogP contribution in [0.15, 0.2) is 22.8 Å². The molecule has 2 aliphatic carbocycles. The number of ether oxygens (including phenoxy) is 2. The van der Waals surface area contributed by atoms with E-state index in [9.17, 15) is 14.7 Å². The maximum Gasteiger partial charge on any atom is 0.303 e. The highest BCUT2D eigenvalue weighted by molar-refractivity contribution is 5.84. The van der Waals surface area contributed by atoms with Gasteiger partial charge in [-0.05, 0) is 48.6 Å². The molecular weight excluding hydrogens is 384 g/mol. The van der Waals surface area contributed by atoms with Crippen molar-refractivity contribution in [3.8, 4) is 0 Å². The molecule has 0 bridgehead atoms. The number of furan rings is 1. The Morgan fingerprint density at radius 1 is 1.17 bits per heavy atom. The Balaban J connectivity index is 1.93. The van der Waals surface area contributed by atoms with E-state index in [1.165, 1.54) is 19.4 Å². The van der Waals surface area contributed by atoms with Crippen molar-refractivity contribution in [2.75, 3.05) is 0 Å². The van der Waals surface area contributed by atoms with Gasteiger partial charge in [0.05, 0.1) is 11.9 Å². The lowest BCUT2D eigenvalue weighted by atomic mass is 9.45. The van der Waals surface area contributed by atoms with Crippen LogP contribution in [-0.2, 0) is 30.9 Å². The second-order valence-electron chi connectivity index (χ2n) is 9.66. The minimum absolute atomic E-state index is 0.350. The lowest BCUT2D eigenvalue weighted by Crippen LogP contribution is -2.72. The van der Waals surface area contributed by atoms with E-state index in [0.29, 0.717) is 19.3 Å². The molecule has 30 heavy (non-hydrogen) atoms. The van der Waals surface area contributed by atoms with Gasteiger partial charge >= 0.3 is 11.9 Å². The summed E-state index contributed by atoms with van der Waals surface area (Å²) in [5, 5.41) is 13.3. The molecule has 4 unspecified atom stereocenters. The van der Waals surface area contributed by atoms with E-state index in [0.717, 1.165) is 22.1 Å². The Morgan fingerprint density at radius 2 is 1.83 bits per heavy atom. The molecule has 1 saturated carbocycles. The molecule has 4 atom stereocenters. The van der Waals surface area contributed by atoms with Crippen molar-refractivity contribution in [1.82, 2.24) is 0 Å². The summed E-state index contributed by atoms with van der Waals surface area (Å²) in [5.41, 5.74) is 1.42. The molecule has 0 radical (unpaired) electrons. The topological polar surface area (TPSA) is 86.0 Å². The van der Waals surface area contributed by atoms with Crippen LogP contribution in [0.5, 0.6) is 0 Å². The lowest BCUT2D eigenvalue weighted by Gasteiger charge is -2.63. The van der Waals surface area contributed by atoms with E-state index in [-0.39, 0.29) is 0 Å². The molecular formula is C24H30O6. The average molecular weight is 414 g/mol. The first kappa shape index (κ1) is 20.9. The standard InChI is InChI=1S/C24H30O6/c1-13-16-7-9-24(27)22(4,5)21(30-15(3)26)20(29-14(2)25)12-23(24,6)18(16)11-19-17(13)8-10-28-19/h8,10-11,20-21,27H,7,9,12H2,1-6H3. The lowest BCUT2D eigenvalue weighted by molar-refractivity contribution is -0.249. The molecule has 2 aromatic rings. The van der Waals surface area contributed by atoms with Gasteiger partial charge in [0, 0.05) is 36.5 Å². The molecule has 1 aromatic carbocycles. The van der Waals surface area contributed by atoms with Gasteiger partial charge in [0.2, 0.25) is 0 Å². The van der Waals surface area contributed by atoms with Gasteiger partial charge in [-0.3, -0.25) is 9.59 Å². The van der Waals surface area contributed by atoms with E-state index in [1.807, 2.05) is 32.9 Å². The number of hydrogen-bond acceptors (Lipinski definition) is 6.